The summed E-state index contributed by atoms with van der Waals surface area (Å²) in [7, 11) is 6.55. The van der Waals surface area contributed by atoms with E-state index in [4.69, 9.17) is 0 Å². The van der Waals surface area contributed by atoms with Gasteiger partial charge in [0.2, 0.25) is 0 Å². The third-order valence-electron chi connectivity index (χ3n) is 8.87. The summed E-state index contributed by atoms with van der Waals surface area (Å²) in [6.07, 6.45) is 2.26. The Bertz CT molecular complexity index is 1940. The van der Waals surface area contributed by atoms with Gasteiger partial charge < -0.3 is 0 Å². The van der Waals surface area contributed by atoms with Crippen molar-refractivity contribution in [3.63, 3.8) is 0 Å². The summed E-state index contributed by atoms with van der Waals surface area (Å²) in [5, 5.41) is 0. The van der Waals surface area contributed by atoms with Crippen LogP contribution < -0.4 is 13.7 Å². The molecule has 0 aliphatic rings. The summed E-state index contributed by atoms with van der Waals surface area (Å²) in [5.74, 6) is 1.94. The Morgan fingerprint density at radius 2 is 1.21 bits per heavy atom. The van der Waals surface area contributed by atoms with Crippen LogP contribution in [0.25, 0.3) is 50.8 Å². The fourth-order valence-electron chi connectivity index (χ4n) is 6.59. The zero-order chi connectivity index (χ0) is 30.4. The lowest BCUT2D eigenvalue weighted by atomic mass is 9.92. The fraction of sp³-hybridized carbons (Fsp3) is 0.256. The molecule has 0 amide bonds. The van der Waals surface area contributed by atoms with Gasteiger partial charge in [0.1, 0.15) is 19.8 Å². The largest absolute Gasteiger partial charge is 0.360 e. The van der Waals surface area contributed by atoms with E-state index < -0.39 is 0 Å². The minimum absolute atomic E-state index is 0.387. The molecule has 0 saturated carbocycles. The first-order chi connectivity index (χ1) is 20.7. The normalized spacial score (nSPS) is 11.7. The standard InChI is InChI=1S/C39H43N4/c1-26(2)30-18-14-19-31(27(3)4)38(30)43-35-21-13-12-20-33(35)42(8)39(43)36-23-15-22-34(41(36)7)37-24-28(5)32(25-40(37)6)29-16-10-9-11-17-29/h9-27H,1-8H3/q+3. The monoisotopic (exact) mass is 567 g/mol. The lowest BCUT2D eigenvalue weighted by molar-refractivity contribution is -0.692. The van der Waals surface area contributed by atoms with E-state index in [2.05, 4.69) is 177 Å². The summed E-state index contributed by atoms with van der Waals surface area (Å²) in [5.41, 5.74) is 13.7. The molecule has 4 heteroatoms. The highest BCUT2D eigenvalue weighted by atomic mass is 15.2. The van der Waals surface area contributed by atoms with Crippen LogP contribution in [0.5, 0.6) is 0 Å². The van der Waals surface area contributed by atoms with E-state index in [0.29, 0.717) is 11.8 Å². The lowest BCUT2D eigenvalue weighted by Crippen LogP contribution is -2.43. The van der Waals surface area contributed by atoms with Crippen LogP contribution in [0.15, 0.2) is 103 Å². The number of nitrogens with zero attached hydrogens (tertiary/aromatic N) is 4. The molecule has 43 heavy (non-hydrogen) atoms. The van der Waals surface area contributed by atoms with Gasteiger partial charge in [-0.2, -0.15) is 13.7 Å². The summed E-state index contributed by atoms with van der Waals surface area (Å²) >= 11 is 0. The molecule has 6 aromatic rings. The second-order valence-electron chi connectivity index (χ2n) is 12.4. The molecule has 0 N–H and O–H groups in total. The number of aromatic nitrogens is 4. The smallest absolute Gasteiger partial charge is 0.220 e. The zero-order valence-electron chi connectivity index (χ0n) is 26.8. The topological polar surface area (TPSA) is 16.6 Å². The Morgan fingerprint density at radius 1 is 0.605 bits per heavy atom. The third kappa shape index (κ3) is 4.85. The van der Waals surface area contributed by atoms with Gasteiger partial charge in [0.15, 0.2) is 17.2 Å². The van der Waals surface area contributed by atoms with E-state index in [9.17, 15) is 0 Å². The zero-order valence-corrected chi connectivity index (χ0v) is 26.8. The molecule has 0 aliphatic carbocycles. The Kier molecular flexibility index (Phi) is 7.47. The number of imidazole rings is 1. The summed E-state index contributed by atoms with van der Waals surface area (Å²) in [6, 6.07) is 35.3. The molecule has 3 aromatic heterocycles. The molecule has 0 spiro atoms. The average Bonchev–Trinajstić information content (AvgIpc) is 3.30. The number of aryl methyl sites for hydroxylation is 3. The minimum Gasteiger partial charge on any atom is -0.220 e. The quantitative estimate of drug-likeness (QED) is 0.184. The van der Waals surface area contributed by atoms with Gasteiger partial charge >= 0.3 is 5.82 Å². The molecule has 0 aliphatic heterocycles. The first-order valence-electron chi connectivity index (χ1n) is 15.4. The van der Waals surface area contributed by atoms with Crippen molar-refractivity contribution in [2.45, 2.75) is 46.5 Å². The van der Waals surface area contributed by atoms with Gasteiger partial charge in [-0.3, -0.25) is 0 Å². The molecule has 0 atom stereocenters. The van der Waals surface area contributed by atoms with Crippen LogP contribution in [0.3, 0.4) is 0 Å². The van der Waals surface area contributed by atoms with Gasteiger partial charge in [0, 0.05) is 34.9 Å². The Labute approximate surface area is 256 Å². The number of hydrogen-bond donors (Lipinski definition) is 0. The summed E-state index contributed by atoms with van der Waals surface area (Å²) in [4.78, 5) is 0. The molecule has 0 radical (unpaired) electrons. The molecule has 6 rings (SSSR count). The van der Waals surface area contributed by atoms with Gasteiger partial charge in [-0.15, -0.1) is 0 Å². The van der Waals surface area contributed by atoms with Gasteiger partial charge in [0.05, 0.1) is 7.05 Å². The molecular formula is C39H43N4+3. The number of fused-ring (bicyclic) bond motifs is 1. The van der Waals surface area contributed by atoms with Crippen molar-refractivity contribution in [1.29, 1.82) is 0 Å². The maximum atomic E-state index is 2.52. The number of benzene rings is 3. The number of rotatable bonds is 6. The minimum atomic E-state index is 0.387. The number of para-hydroxylation sites is 3. The van der Waals surface area contributed by atoms with Gasteiger partial charge in [-0.25, -0.2) is 4.57 Å². The molecule has 0 unspecified atom stereocenters. The Hall–Kier alpha value is -4.57. The number of pyridine rings is 2. The van der Waals surface area contributed by atoms with Gasteiger partial charge in [0.25, 0.3) is 17.1 Å². The average molecular weight is 568 g/mol. The molecule has 216 valence electrons. The molecule has 0 bridgehead atoms. The molecule has 3 heterocycles. The van der Waals surface area contributed by atoms with Crippen molar-refractivity contribution in [1.82, 2.24) is 4.57 Å². The van der Waals surface area contributed by atoms with Gasteiger partial charge in [-0.1, -0.05) is 88.4 Å². The van der Waals surface area contributed by atoms with E-state index in [1.54, 1.807) is 0 Å². The predicted octanol–water partition coefficient (Wildman–Crippen LogP) is 7.66. The second kappa shape index (κ2) is 11.3. The van der Waals surface area contributed by atoms with Crippen LogP contribution in [0.2, 0.25) is 0 Å². The van der Waals surface area contributed by atoms with Crippen molar-refractivity contribution in [3.05, 3.63) is 120 Å². The fourth-order valence-corrected chi connectivity index (χ4v) is 6.59. The first-order valence-corrected chi connectivity index (χ1v) is 15.4. The van der Waals surface area contributed by atoms with E-state index in [1.165, 1.54) is 61.8 Å². The molecule has 4 nitrogen and oxygen atoms in total. The highest BCUT2D eigenvalue weighted by molar-refractivity contribution is 5.79. The summed E-state index contributed by atoms with van der Waals surface area (Å²) in [6.45, 7) is 11.4. The summed E-state index contributed by atoms with van der Waals surface area (Å²) < 4.78 is 9.49. The Balaban J connectivity index is 1.63. The molecular weight excluding hydrogens is 524 g/mol. The van der Waals surface area contributed by atoms with E-state index in [-0.39, 0.29) is 0 Å². The molecule has 0 saturated heterocycles. The highest BCUT2D eigenvalue weighted by Gasteiger charge is 2.36. The molecule has 3 aromatic carbocycles. The van der Waals surface area contributed by atoms with E-state index in [0.717, 1.165) is 5.69 Å². The van der Waals surface area contributed by atoms with Gasteiger partial charge in [-0.05, 0) is 48.1 Å². The van der Waals surface area contributed by atoms with Crippen LogP contribution in [0.1, 0.15) is 56.2 Å². The number of hydrogen-bond acceptors (Lipinski definition) is 0. The van der Waals surface area contributed by atoms with Crippen molar-refractivity contribution in [2.24, 2.45) is 21.1 Å². The lowest BCUT2D eigenvalue weighted by Gasteiger charge is -2.18. The first kappa shape index (κ1) is 28.5. The van der Waals surface area contributed by atoms with Crippen molar-refractivity contribution in [3.8, 4) is 39.7 Å². The van der Waals surface area contributed by atoms with Crippen molar-refractivity contribution in [2.75, 3.05) is 0 Å². The maximum Gasteiger partial charge on any atom is 0.360 e. The van der Waals surface area contributed by atoms with E-state index >= 15 is 0 Å². The van der Waals surface area contributed by atoms with Crippen LogP contribution in [-0.2, 0) is 21.1 Å². The molecule has 0 fully saturated rings. The SMILES string of the molecule is Cc1cc(-c2cccc(-c3n(-c4c(C(C)C)cccc4C(C)C)c4ccccc4[n+]3C)[n+]2C)[n+](C)cc1-c1ccccc1. The van der Waals surface area contributed by atoms with Crippen LogP contribution in [0.4, 0.5) is 0 Å². The van der Waals surface area contributed by atoms with Crippen LogP contribution in [-0.4, -0.2) is 4.57 Å². The van der Waals surface area contributed by atoms with Crippen LogP contribution in [0, 0.1) is 6.92 Å². The van der Waals surface area contributed by atoms with Crippen molar-refractivity contribution >= 4 is 11.0 Å². The second-order valence-corrected chi connectivity index (χ2v) is 12.4. The predicted molar refractivity (Wildman–Crippen MR) is 176 cm³/mol. The van der Waals surface area contributed by atoms with Crippen LogP contribution >= 0.6 is 0 Å². The Morgan fingerprint density at radius 3 is 1.88 bits per heavy atom. The van der Waals surface area contributed by atoms with E-state index in [1.807, 2.05) is 0 Å². The third-order valence-corrected chi connectivity index (χ3v) is 8.87. The van der Waals surface area contributed by atoms with Crippen molar-refractivity contribution < 1.29 is 13.7 Å². The maximum absolute atomic E-state index is 2.52. The highest BCUT2D eigenvalue weighted by Crippen LogP contribution is 2.36.